The number of aliphatic hydroxyl groups is 1. The molecule has 0 amide bonds. The maximum Gasteiger partial charge on any atom is 0.472 e. The van der Waals surface area contributed by atoms with Gasteiger partial charge in [0.15, 0.2) is 6.10 Å². The molecule has 5 atom stereocenters. The number of epoxide rings is 1. The highest BCUT2D eigenvalue weighted by Gasteiger charge is 2.36. The predicted octanol–water partition coefficient (Wildman–Crippen LogP) is 10.8. The quantitative estimate of drug-likeness (QED) is 0.0148. The smallest absolute Gasteiger partial charge is 0.462 e. The molecule has 3 unspecified atom stereocenters. The van der Waals surface area contributed by atoms with Gasteiger partial charge in [-0.05, 0) is 83.5 Å². The van der Waals surface area contributed by atoms with Crippen molar-refractivity contribution in [1.82, 2.24) is 0 Å². The second-order valence-corrected chi connectivity index (χ2v) is 18.0. The molecule has 0 aliphatic carbocycles. The Balaban J connectivity index is 2.45. The molecule has 14 nitrogen and oxygen atoms in total. The van der Waals surface area contributed by atoms with Gasteiger partial charge in [0, 0.05) is 12.8 Å². The van der Waals surface area contributed by atoms with Crippen molar-refractivity contribution in [3.63, 3.8) is 0 Å². The summed E-state index contributed by atoms with van der Waals surface area (Å²) >= 11 is 0. The van der Waals surface area contributed by atoms with Crippen molar-refractivity contribution in [3.8, 4) is 0 Å². The van der Waals surface area contributed by atoms with Crippen molar-refractivity contribution < 1.29 is 66.3 Å². The first-order valence-corrected chi connectivity index (χ1v) is 25.8. The van der Waals surface area contributed by atoms with E-state index >= 15 is 0 Å². The maximum atomic E-state index is 12.7. The third-order valence-electron chi connectivity index (χ3n) is 9.48. The molecule has 1 saturated heterocycles. The topological polar surface area (TPSA) is 208 Å². The van der Waals surface area contributed by atoms with Crippen molar-refractivity contribution in [2.45, 2.75) is 180 Å². The van der Waals surface area contributed by atoms with Crippen LogP contribution in [0, 0.1) is 0 Å². The van der Waals surface area contributed by atoms with Gasteiger partial charge in [0.05, 0.1) is 32.0 Å². The number of hydrogen-bond acceptors (Lipinski definition) is 11. The van der Waals surface area contributed by atoms with Gasteiger partial charge in [-0.3, -0.25) is 23.2 Å². The van der Waals surface area contributed by atoms with Crippen LogP contribution in [0.4, 0.5) is 0 Å². The van der Waals surface area contributed by atoms with Crippen LogP contribution in [0.1, 0.15) is 155 Å². The van der Waals surface area contributed by atoms with Gasteiger partial charge in [-0.25, -0.2) is 9.13 Å². The molecule has 0 saturated carbocycles. The number of carbonyl (C=O) groups is 2. The number of ether oxygens (including phenoxy) is 3. The summed E-state index contributed by atoms with van der Waals surface area (Å²) < 4.78 is 53.5. The molecule has 4 N–H and O–H groups in total. The number of phosphoric ester groups is 2. The Hall–Kier alpha value is -2.48. The van der Waals surface area contributed by atoms with Crippen LogP contribution >= 0.6 is 15.6 Å². The number of rotatable bonds is 41. The van der Waals surface area contributed by atoms with Crippen LogP contribution in [0.3, 0.4) is 0 Å². The Bertz CT molecular complexity index is 1440. The molecule has 0 spiro atoms. The van der Waals surface area contributed by atoms with Crippen LogP contribution in [0.2, 0.25) is 0 Å². The highest BCUT2D eigenvalue weighted by atomic mass is 31.2. The van der Waals surface area contributed by atoms with E-state index < -0.39 is 66.2 Å². The standard InChI is InChI=1S/C46H78O14P2/c1-3-5-7-9-11-13-15-17-18-19-20-21-23-25-27-29-31-35-46(49)59-42(40-58-62(53,54)57-38-41(47)37-56-61(50,51)52)39-55-45(48)36-32-34-44-43(60-44)33-30-28-26-24-22-16-14-12-10-8-6-4-2/h12,14,17-18,20-22,24-25,27-28,30,41-44,47H,3-11,13,15-16,19,23,26,29,31-40H2,1-2H3,(H,53,54)(H2,50,51,52)/b14-12-,18-17-,21-20-,24-22-,27-25-,30-28-/t41-,42+,43?,44?/m0/s1. The summed E-state index contributed by atoms with van der Waals surface area (Å²) in [5.74, 6) is -1.17. The Morgan fingerprint density at radius 3 is 1.66 bits per heavy atom. The zero-order valence-corrected chi connectivity index (χ0v) is 39.2. The first-order valence-electron chi connectivity index (χ1n) is 22.8. The largest absolute Gasteiger partial charge is 0.472 e. The van der Waals surface area contributed by atoms with Crippen LogP contribution in [-0.4, -0.2) is 82.6 Å². The molecule has 1 aliphatic rings. The van der Waals surface area contributed by atoms with Crippen molar-refractivity contribution >= 4 is 27.6 Å². The Kier molecular flexibility index (Phi) is 35.1. The minimum absolute atomic E-state index is 0.0400. The highest BCUT2D eigenvalue weighted by Crippen LogP contribution is 2.44. The van der Waals surface area contributed by atoms with E-state index in [9.17, 15) is 28.7 Å². The number of unbranched alkanes of at least 4 members (excludes halogenated alkanes) is 10. The zero-order chi connectivity index (χ0) is 45.6. The lowest BCUT2D eigenvalue weighted by molar-refractivity contribution is -0.161. The number of esters is 2. The number of phosphoric acid groups is 2. The first-order chi connectivity index (χ1) is 29.8. The molecule has 0 aromatic rings. The maximum absolute atomic E-state index is 12.7. The second-order valence-electron chi connectivity index (χ2n) is 15.4. The fraction of sp³-hybridized carbons (Fsp3) is 0.696. The zero-order valence-electron chi connectivity index (χ0n) is 37.4. The molecule has 62 heavy (non-hydrogen) atoms. The summed E-state index contributed by atoms with van der Waals surface area (Å²) in [5, 5.41) is 9.76. The van der Waals surface area contributed by atoms with E-state index in [1.54, 1.807) is 0 Å². The Morgan fingerprint density at radius 1 is 0.565 bits per heavy atom. The molecule has 0 bridgehead atoms. The van der Waals surface area contributed by atoms with E-state index in [0.717, 1.165) is 44.9 Å². The summed E-state index contributed by atoms with van der Waals surface area (Å²) in [5.41, 5.74) is 0. The molecule has 0 aromatic heterocycles. The molecule has 0 radical (unpaired) electrons. The Morgan fingerprint density at radius 2 is 1.05 bits per heavy atom. The SMILES string of the molecule is CCCCC/C=C\C/C=C\C/C=C\CC1OC1CCCC(=O)OC[C@H](COP(=O)(O)OC[C@@H](O)COP(=O)(O)O)OC(=O)CCC/C=C\C/C=C\C/C=C\CCCCCCCC. The van der Waals surface area contributed by atoms with Gasteiger partial charge >= 0.3 is 27.6 Å². The van der Waals surface area contributed by atoms with E-state index in [4.69, 9.17) is 28.5 Å². The molecule has 1 rings (SSSR count). The monoisotopic (exact) mass is 916 g/mol. The van der Waals surface area contributed by atoms with Gasteiger partial charge in [0.2, 0.25) is 0 Å². The van der Waals surface area contributed by atoms with Crippen LogP contribution in [-0.2, 0) is 46.5 Å². The van der Waals surface area contributed by atoms with Crippen molar-refractivity contribution in [2.24, 2.45) is 0 Å². The lowest BCUT2D eigenvalue weighted by Gasteiger charge is -2.20. The van der Waals surface area contributed by atoms with Crippen LogP contribution in [0.25, 0.3) is 0 Å². The van der Waals surface area contributed by atoms with E-state index in [0.29, 0.717) is 25.7 Å². The van der Waals surface area contributed by atoms with Gasteiger partial charge < -0.3 is 34.0 Å². The molecular weight excluding hydrogens is 838 g/mol. The van der Waals surface area contributed by atoms with Crippen LogP contribution in [0.15, 0.2) is 72.9 Å². The second kappa shape index (κ2) is 37.9. The van der Waals surface area contributed by atoms with Gasteiger partial charge in [-0.15, -0.1) is 0 Å². The van der Waals surface area contributed by atoms with E-state index in [-0.39, 0.29) is 25.0 Å². The summed E-state index contributed by atoms with van der Waals surface area (Å²) in [4.78, 5) is 52.8. The minimum Gasteiger partial charge on any atom is -0.462 e. The van der Waals surface area contributed by atoms with Crippen LogP contribution < -0.4 is 0 Å². The molecule has 1 aliphatic heterocycles. The third-order valence-corrected chi connectivity index (χ3v) is 10.9. The molecule has 1 fully saturated rings. The van der Waals surface area contributed by atoms with Crippen LogP contribution in [0.5, 0.6) is 0 Å². The summed E-state index contributed by atoms with van der Waals surface area (Å²) in [6.07, 6.45) is 43.5. The van der Waals surface area contributed by atoms with Gasteiger partial charge in [-0.1, -0.05) is 132 Å². The van der Waals surface area contributed by atoms with E-state index in [2.05, 4.69) is 83.7 Å². The van der Waals surface area contributed by atoms with Crippen molar-refractivity contribution in [1.29, 1.82) is 0 Å². The van der Waals surface area contributed by atoms with Crippen molar-refractivity contribution in [3.05, 3.63) is 72.9 Å². The molecule has 0 aromatic carbocycles. The average molecular weight is 917 g/mol. The Labute approximate surface area is 371 Å². The van der Waals surface area contributed by atoms with Gasteiger partial charge in [0.25, 0.3) is 0 Å². The van der Waals surface area contributed by atoms with E-state index in [1.807, 2.05) is 12.2 Å². The van der Waals surface area contributed by atoms with Crippen molar-refractivity contribution in [2.75, 3.05) is 26.4 Å². The molecular formula is C46H78O14P2. The number of aliphatic hydroxyl groups excluding tert-OH is 1. The van der Waals surface area contributed by atoms with Gasteiger partial charge in [0.1, 0.15) is 12.7 Å². The van der Waals surface area contributed by atoms with Gasteiger partial charge in [-0.2, -0.15) is 0 Å². The lowest BCUT2D eigenvalue weighted by Crippen LogP contribution is -2.30. The first kappa shape index (κ1) is 57.5. The number of allylic oxidation sites excluding steroid dienone is 11. The molecule has 16 heteroatoms. The third kappa shape index (κ3) is 38.0. The molecule has 1 heterocycles. The number of hydrogen-bond donors (Lipinski definition) is 4. The summed E-state index contributed by atoms with van der Waals surface area (Å²) in [6.45, 7) is 1.58. The minimum atomic E-state index is -4.88. The lowest BCUT2D eigenvalue weighted by atomic mass is 10.1. The summed E-state index contributed by atoms with van der Waals surface area (Å²) in [7, 11) is -9.73. The fourth-order valence-corrected chi connectivity index (χ4v) is 7.08. The predicted molar refractivity (Wildman–Crippen MR) is 243 cm³/mol. The number of carbonyl (C=O) groups excluding carboxylic acids is 2. The fourth-order valence-electron chi connectivity index (χ4n) is 5.92. The van der Waals surface area contributed by atoms with E-state index in [1.165, 1.54) is 57.8 Å². The normalized spacial score (nSPS) is 17.9. The highest BCUT2D eigenvalue weighted by molar-refractivity contribution is 7.47. The average Bonchev–Trinajstić information content (AvgIpc) is 3.99. The molecule has 356 valence electrons. The summed E-state index contributed by atoms with van der Waals surface area (Å²) in [6, 6.07) is 0.